The minimum Gasteiger partial charge on any atom is -0.490 e. The highest BCUT2D eigenvalue weighted by atomic mass is 19.4. The van der Waals surface area contributed by atoms with Crippen LogP contribution < -0.4 is 14.8 Å². The highest BCUT2D eigenvalue weighted by Gasteiger charge is 2.40. The molecule has 0 aliphatic carbocycles. The highest BCUT2D eigenvalue weighted by molar-refractivity contribution is 6.10. The zero-order chi connectivity index (χ0) is 23.6. The van der Waals surface area contributed by atoms with Gasteiger partial charge in [0.15, 0.2) is 11.5 Å². The van der Waals surface area contributed by atoms with Crippen LogP contribution >= 0.6 is 0 Å². The summed E-state index contributed by atoms with van der Waals surface area (Å²) in [6, 6.07) is 11.4. The zero-order valence-corrected chi connectivity index (χ0v) is 17.9. The van der Waals surface area contributed by atoms with E-state index in [4.69, 9.17) is 9.47 Å². The molecule has 2 aromatic carbocycles. The SMILES string of the molecule is CC[C@H](NC(=O)Cn1cc(C(=O)C(F)(F)F)c2ccccc21)c1ccc2c(c1)OCCCO2. The van der Waals surface area contributed by atoms with E-state index in [9.17, 15) is 22.8 Å². The van der Waals surface area contributed by atoms with Crippen molar-refractivity contribution < 1.29 is 32.2 Å². The molecule has 3 aromatic rings. The lowest BCUT2D eigenvalue weighted by molar-refractivity contribution is -0.122. The average molecular weight is 460 g/mol. The number of nitrogens with one attached hydrogen (secondary N) is 1. The first-order chi connectivity index (χ1) is 15.8. The number of aromatic nitrogens is 1. The maximum absolute atomic E-state index is 13.0. The summed E-state index contributed by atoms with van der Waals surface area (Å²) in [7, 11) is 0. The summed E-state index contributed by atoms with van der Waals surface area (Å²) in [5, 5.41) is 3.08. The molecule has 4 rings (SSSR count). The Balaban J connectivity index is 1.55. The molecule has 0 radical (unpaired) electrons. The van der Waals surface area contributed by atoms with Gasteiger partial charge in [0.25, 0.3) is 5.78 Å². The molecular weight excluding hydrogens is 437 g/mol. The number of rotatable bonds is 6. The van der Waals surface area contributed by atoms with E-state index in [1.54, 1.807) is 24.3 Å². The van der Waals surface area contributed by atoms with Gasteiger partial charge in [0.05, 0.1) is 24.8 Å². The van der Waals surface area contributed by atoms with Crippen molar-refractivity contribution in [3.8, 4) is 11.5 Å². The second-order valence-electron chi connectivity index (χ2n) is 7.80. The maximum atomic E-state index is 13.0. The lowest BCUT2D eigenvalue weighted by Crippen LogP contribution is -2.31. The van der Waals surface area contributed by atoms with Crippen LogP contribution in [0.1, 0.15) is 41.7 Å². The molecule has 1 atom stereocenters. The smallest absolute Gasteiger partial charge is 0.454 e. The lowest BCUT2D eigenvalue weighted by Gasteiger charge is -2.19. The van der Waals surface area contributed by atoms with Gasteiger partial charge >= 0.3 is 6.18 Å². The van der Waals surface area contributed by atoms with Crippen LogP contribution in [0.5, 0.6) is 11.5 Å². The Labute approximate surface area is 188 Å². The third-order valence-corrected chi connectivity index (χ3v) is 5.52. The molecule has 0 saturated carbocycles. The number of amides is 1. The zero-order valence-electron chi connectivity index (χ0n) is 17.9. The molecular formula is C24H23F3N2O4. The number of hydrogen-bond acceptors (Lipinski definition) is 4. The van der Waals surface area contributed by atoms with Gasteiger partial charge in [-0.2, -0.15) is 13.2 Å². The summed E-state index contributed by atoms with van der Waals surface area (Å²) in [5.74, 6) is -1.06. The summed E-state index contributed by atoms with van der Waals surface area (Å²) in [4.78, 5) is 24.7. The summed E-state index contributed by atoms with van der Waals surface area (Å²) in [5.41, 5.74) is 0.741. The Morgan fingerprint density at radius 2 is 1.82 bits per heavy atom. The first kappa shape index (κ1) is 22.7. The number of para-hydroxylation sites is 1. The van der Waals surface area contributed by atoms with Crippen molar-refractivity contribution in [2.45, 2.75) is 38.5 Å². The van der Waals surface area contributed by atoms with Crippen LogP contribution in [-0.4, -0.2) is 35.6 Å². The summed E-state index contributed by atoms with van der Waals surface area (Å²) >= 11 is 0. The van der Waals surface area contributed by atoms with Gasteiger partial charge in [0.2, 0.25) is 5.91 Å². The van der Waals surface area contributed by atoms with Crippen LogP contribution in [0.2, 0.25) is 0 Å². The van der Waals surface area contributed by atoms with Gasteiger partial charge in [-0.05, 0) is 30.2 Å². The molecule has 174 valence electrons. The number of fused-ring (bicyclic) bond motifs is 2. The highest BCUT2D eigenvalue weighted by Crippen LogP contribution is 2.33. The molecule has 0 saturated heterocycles. The molecule has 0 fully saturated rings. The van der Waals surface area contributed by atoms with Crippen LogP contribution in [0.4, 0.5) is 13.2 Å². The molecule has 9 heteroatoms. The molecule has 1 aromatic heterocycles. The third-order valence-electron chi connectivity index (χ3n) is 5.52. The fourth-order valence-corrected chi connectivity index (χ4v) is 3.92. The minimum absolute atomic E-state index is 0.155. The van der Waals surface area contributed by atoms with Gasteiger partial charge in [-0.15, -0.1) is 0 Å². The number of Topliss-reactive ketones (excluding diaryl/α,β-unsaturated/α-hetero) is 1. The number of ketones is 1. The van der Waals surface area contributed by atoms with Crippen LogP contribution in [0.15, 0.2) is 48.7 Å². The van der Waals surface area contributed by atoms with E-state index >= 15 is 0 Å². The predicted molar refractivity (Wildman–Crippen MR) is 116 cm³/mol. The Morgan fingerprint density at radius 1 is 1.09 bits per heavy atom. The molecule has 6 nitrogen and oxygen atoms in total. The first-order valence-electron chi connectivity index (χ1n) is 10.7. The molecule has 1 N–H and O–H groups in total. The molecule has 1 aliphatic rings. The number of carbonyl (C=O) groups is 2. The summed E-state index contributed by atoms with van der Waals surface area (Å²) in [6.45, 7) is 2.80. The molecule has 0 unspecified atom stereocenters. The Kier molecular flexibility index (Phi) is 6.31. The molecule has 1 aliphatic heterocycles. The summed E-state index contributed by atoms with van der Waals surface area (Å²) < 4.78 is 51.8. The topological polar surface area (TPSA) is 69.6 Å². The molecule has 2 heterocycles. The molecule has 1 amide bonds. The van der Waals surface area contributed by atoms with Crippen LogP contribution in [0.25, 0.3) is 10.9 Å². The van der Waals surface area contributed by atoms with Gasteiger partial charge in [-0.25, -0.2) is 0 Å². The van der Waals surface area contributed by atoms with Crippen LogP contribution in [0.3, 0.4) is 0 Å². The van der Waals surface area contributed by atoms with E-state index < -0.39 is 17.5 Å². The number of nitrogens with zero attached hydrogens (tertiary/aromatic N) is 1. The lowest BCUT2D eigenvalue weighted by atomic mass is 10.0. The number of benzene rings is 2. The average Bonchev–Trinajstić information content (AvgIpc) is 2.98. The third kappa shape index (κ3) is 4.81. The number of alkyl halides is 3. The molecule has 0 spiro atoms. The van der Waals surface area contributed by atoms with Crippen molar-refractivity contribution in [3.05, 3.63) is 59.8 Å². The van der Waals surface area contributed by atoms with E-state index in [1.807, 2.05) is 19.1 Å². The van der Waals surface area contributed by atoms with Crippen molar-refractivity contribution in [3.63, 3.8) is 0 Å². The van der Waals surface area contributed by atoms with Crippen molar-refractivity contribution >= 4 is 22.6 Å². The standard InChI is InChI=1S/C24H23F3N2O4/c1-2-18(15-8-9-20-21(12-15)33-11-5-10-32-20)28-22(30)14-29-13-17(23(31)24(25,26)27)16-6-3-4-7-19(16)29/h3-4,6-9,12-13,18H,2,5,10-11,14H2,1H3,(H,28,30)/t18-/m0/s1. The van der Waals surface area contributed by atoms with E-state index in [2.05, 4.69) is 5.32 Å². The van der Waals surface area contributed by atoms with E-state index in [-0.39, 0.29) is 23.9 Å². The van der Waals surface area contributed by atoms with Gasteiger partial charge in [-0.1, -0.05) is 31.2 Å². The first-order valence-corrected chi connectivity index (χ1v) is 10.7. The number of hydrogen-bond donors (Lipinski definition) is 1. The second kappa shape index (κ2) is 9.17. The number of halogens is 3. The van der Waals surface area contributed by atoms with Crippen LogP contribution in [0, 0.1) is 0 Å². The Bertz CT molecular complexity index is 1190. The minimum atomic E-state index is -5.00. The van der Waals surface area contributed by atoms with Crippen molar-refractivity contribution in [2.24, 2.45) is 0 Å². The Morgan fingerprint density at radius 3 is 2.55 bits per heavy atom. The van der Waals surface area contributed by atoms with Gasteiger partial charge < -0.3 is 19.4 Å². The number of ether oxygens (including phenoxy) is 2. The fraction of sp³-hybridized carbons (Fsp3) is 0.333. The van der Waals surface area contributed by atoms with Crippen molar-refractivity contribution in [1.29, 1.82) is 0 Å². The summed E-state index contributed by atoms with van der Waals surface area (Å²) in [6.07, 6.45) is -2.53. The second-order valence-corrected chi connectivity index (χ2v) is 7.80. The predicted octanol–water partition coefficient (Wildman–Crippen LogP) is 4.82. The molecule has 0 bridgehead atoms. The van der Waals surface area contributed by atoms with E-state index in [0.717, 1.165) is 18.2 Å². The molecule has 33 heavy (non-hydrogen) atoms. The Hall–Kier alpha value is -3.49. The van der Waals surface area contributed by atoms with Gasteiger partial charge in [0.1, 0.15) is 6.54 Å². The van der Waals surface area contributed by atoms with E-state index in [1.165, 1.54) is 10.6 Å². The van der Waals surface area contributed by atoms with E-state index in [0.29, 0.717) is 36.7 Å². The fourth-order valence-electron chi connectivity index (χ4n) is 3.92. The quantitative estimate of drug-likeness (QED) is 0.536. The largest absolute Gasteiger partial charge is 0.490 e. The van der Waals surface area contributed by atoms with Gasteiger partial charge in [-0.3, -0.25) is 9.59 Å². The van der Waals surface area contributed by atoms with Crippen molar-refractivity contribution in [2.75, 3.05) is 13.2 Å². The van der Waals surface area contributed by atoms with Crippen molar-refractivity contribution in [1.82, 2.24) is 9.88 Å². The number of carbonyl (C=O) groups excluding carboxylic acids is 2. The monoisotopic (exact) mass is 460 g/mol. The van der Waals surface area contributed by atoms with Crippen LogP contribution in [-0.2, 0) is 11.3 Å². The normalized spacial score (nSPS) is 14.5. The van der Waals surface area contributed by atoms with Gasteiger partial charge in [0, 0.05) is 23.5 Å². The maximum Gasteiger partial charge on any atom is 0.454 e.